The molecule has 1 heterocycles. The molecule has 0 bridgehead atoms. The number of ether oxygens (including phenoxy) is 1. The minimum absolute atomic E-state index is 0.0470. The van der Waals surface area contributed by atoms with Crippen LogP contribution < -0.4 is 10.6 Å². The predicted octanol–water partition coefficient (Wildman–Crippen LogP) is 4.60. The van der Waals surface area contributed by atoms with Crippen molar-refractivity contribution < 1.29 is 18.8 Å². The van der Waals surface area contributed by atoms with Crippen molar-refractivity contribution in [2.45, 2.75) is 31.7 Å². The van der Waals surface area contributed by atoms with Crippen molar-refractivity contribution >= 4 is 33.3 Å². The van der Waals surface area contributed by atoms with Crippen LogP contribution in [0.5, 0.6) is 0 Å². The number of amides is 1. The number of carbonyl (C=O) groups excluding carboxylic acids is 1. The quantitative estimate of drug-likeness (QED) is 0.424. The van der Waals surface area contributed by atoms with Crippen molar-refractivity contribution in [3.63, 3.8) is 0 Å². The second kappa shape index (κ2) is 11.1. The van der Waals surface area contributed by atoms with Gasteiger partial charge in [-0.3, -0.25) is 0 Å². The Morgan fingerprint density at radius 1 is 1.24 bits per heavy atom. The van der Waals surface area contributed by atoms with Crippen LogP contribution in [-0.4, -0.2) is 50.9 Å². The highest BCUT2D eigenvalue weighted by Gasteiger charge is 2.13. The first-order valence-electron chi connectivity index (χ1n) is 10.8. The zero-order valence-electron chi connectivity index (χ0n) is 19.6. The van der Waals surface area contributed by atoms with E-state index in [9.17, 15) is 14.1 Å². The molecule has 1 aromatic heterocycles. The van der Waals surface area contributed by atoms with E-state index in [0.717, 1.165) is 16.7 Å². The summed E-state index contributed by atoms with van der Waals surface area (Å²) >= 11 is 0. The molecule has 0 saturated carbocycles. The topological polar surface area (TPSA) is 126 Å². The molecule has 3 aromatic rings. The molecule has 34 heavy (non-hydrogen) atoms. The molecule has 0 fully saturated rings. The van der Waals surface area contributed by atoms with E-state index < -0.39 is 15.8 Å². The van der Waals surface area contributed by atoms with Crippen LogP contribution in [-0.2, 0) is 14.5 Å². The highest BCUT2D eigenvalue weighted by Crippen LogP contribution is 2.29. The van der Waals surface area contributed by atoms with Gasteiger partial charge in [-0.05, 0) is 50.6 Å². The number of rotatable bonds is 8. The summed E-state index contributed by atoms with van der Waals surface area (Å²) in [6.07, 6.45) is 2.26. The van der Waals surface area contributed by atoms with Crippen LogP contribution in [0.3, 0.4) is 0 Å². The maximum absolute atomic E-state index is 12.8. The summed E-state index contributed by atoms with van der Waals surface area (Å²) in [6.45, 7) is 5.65. The molecule has 0 aliphatic heterocycles. The molecule has 0 spiro atoms. The Hall–Kier alpha value is -3.50. The van der Waals surface area contributed by atoms with Gasteiger partial charge in [-0.2, -0.15) is 4.98 Å². The minimum Gasteiger partial charge on any atom is -0.448 e. The van der Waals surface area contributed by atoms with Gasteiger partial charge in [0.25, 0.3) is 0 Å². The largest absolute Gasteiger partial charge is 0.448 e. The van der Waals surface area contributed by atoms with Crippen LogP contribution in [0.2, 0.25) is 0 Å². The smallest absolute Gasteiger partial charge is 0.442 e. The molecule has 2 aromatic carbocycles. The molecule has 180 valence electrons. The van der Waals surface area contributed by atoms with E-state index in [1.807, 2.05) is 38.1 Å². The number of aliphatic hydroxyl groups excluding tert-OH is 1. The van der Waals surface area contributed by atoms with Gasteiger partial charge < -0.3 is 20.5 Å². The third kappa shape index (κ3) is 6.52. The number of aliphatic hydroxyl groups is 1. The molecule has 1 amide bonds. The summed E-state index contributed by atoms with van der Waals surface area (Å²) in [5.74, 6) is 0.941. The number of aromatic nitrogens is 2. The summed E-state index contributed by atoms with van der Waals surface area (Å²) in [5.41, 5.74) is 3.56. The van der Waals surface area contributed by atoms with E-state index in [2.05, 4.69) is 25.0 Å². The Balaban J connectivity index is 1.87. The van der Waals surface area contributed by atoms with Crippen LogP contribution in [0.4, 0.5) is 22.2 Å². The van der Waals surface area contributed by atoms with Gasteiger partial charge in [-0.15, -0.1) is 4.36 Å². The Bertz CT molecular complexity index is 1270. The summed E-state index contributed by atoms with van der Waals surface area (Å²) in [4.78, 5) is 21.1. The van der Waals surface area contributed by atoms with E-state index in [0.29, 0.717) is 22.3 Å². The highest BCUT2D eigenvalue weighted by atomic mass is 32.2. The van der Waals surface area contributed by atoms with Gasteiger partial charge >= 0.3 is 6.09 Å². The van der Waals surface area contributed by atoms with Gasteiger partial charge in [0.15, 0.2) is 0 Å². The fourth-order valence-electron chi connectivity index (χ4n) is 3.12. The maximum atomic E-state index is 12.8. The lowest BCUT2D eigenvalue weighted by molar-refractivity contribution is 0.164. The molecule has 0 saturated heterocycles. The fraction of sp³-hybridized carbons (Fsp3) is 0.292. The SMILES string of the molecule is CCOC(=O)N=S(C)(=O)c1ccc(Nc2ncc(-c3cccc(C)c3)c(N[C@H](C)CO)n2)cc1. The van der Waals surface area contributed by atoms with Gasteiger partial charge in [0.2, 0.25) is 5.95 Å². The number of aryl methyl sites for hydroxylation is 1. The number of benzene rings is 2. The lowest BCUT2D eigenvalue weighted by Gasteiger charge is -2.17. The minimum atomic E-state index is -2.93. The van der Waals surface area contributed by atoms with Crippen molar-refractivity contribution in [1.29, 1.82) is 0 Å². The Labute approximate surface area is 199 Å². The number of carbonyl (C=O) groups is 1. The molecule has 1 unspecified atom stereocenters. The van der Waals surface area contributed by atoms with Crippen molar-refractivity contribution in [3.05, 3.63) is 60.3 Å². The molecular weight excluding hydrogens is 454 g/mol. The third-order valence-corrected chi connectivity index (χ3v) is 6.48. The lowest BCUT2D eigenvalue weighted by atomic mass is 10.1. The fourth-order valence-corrected chi connectivity index (χ4v) is 4.20. The van der Waals surface area contributed by atoms with Crippen LogP contribution in [0, 0.1) is 6.92 Å². The van der Waals surface area contributed by atoms with Crippen LogP contribution >= 0.6 is 0 Å². The summed E-state index contributed by atoms with van der Waals surface area (Å²) in [7, 11) is -2.93. The van der Waals surface area contributed by atoms with E-state index in [1.165, 1.54) is 6.26 Å². The van der Waals surface area contributed by atoms with Crippen molar-refractivity contribution in [2.24, 2.45) is 4.36 Å². The molecule has 0 aliphatic carbocycles. The maximum Gasteiger partial charge on any atom is 0.442 e. The second-order valence-corrected chi connectivity index (χ2v) is 10.1. The molecular formula is C24H29N5O4S. The lowest BCUT2D eigenvalue weighted by Crippen LogP contribution is -2.21. The Morgan fingerprint density at radius 2 is 1.97 bits per heavy atom. The van der Waals surface area contributed by atoms with Crippen LogP contribution in [0.25, 0.3) is 11.1 Å². The number of hydrogen-bond acceptors (Lipinski definition) is 8. The van der Waals surface area contributed by atoms with E-state index in [-0.39, 0.29) is 19.3 Å². The second-order valence-electron chi connectivity index (χ2n) is 7.80. The Kier molecular flexibility index (Phi) is 8.19. The molecule has 9 nitrogen and oxygen atoms in total. The van der Waals surface area contributed by atoms with E-state index >= 15 is 0 Å². The molecule has 0 radical (unpaired) electrons. The normalized spacial score (nSPS) is 13.4. The first-order chi connectivity index (χ1) is 16.2. The molecule has 0 aliphatic rings. The zero-order chi connectivity index (χ0) is 24.7. The van der Waals surface area contributed by atoms with E-state index in [4.69, 9.17) is 4.74 Å². The van der Waals surface area contributed by atoms with Gasteiger partial charge in [0.1, 0.15) is 5.82 Å². The third-order valence-electron chi connectivity index (χ3n) is 4.84. The number of anilines is 3. The first-order valence-corrected chi connectivity index (χ1v) is 12.7. The number of nitrogens with zero attached hydrogens (tertiary/aromatic N) is 3. The molecule has 3 N–H and O–H groups in total. The van der Waals surface area contributed by atoms with Crippen molar-refractivity contribution in [2.75, 3.05) is 30.1 Å². The Morgan fingerprint density at radius 3 is 2.62 bits per heavy atom. The predicted molar refractivity (Wildman–Crippen MR) is 134 cm³/mol. The van der Waals surface area contributed by atoms with Gasteiger partial charge in [-0.1, -0.05) is 29.8 Å². The number of hydrogen-bond donors (Lipinski definition) is 3. The first kappa shape index (κ1) is 25.1. The van der Waals surface area contributed by atoms with Crippen molar-refractivity contribution in [3.8, 4) is 11.1 Å². The van der Waals surface area contributed by atoms with Crippen LogP contribution in [0.1, 0.15) is 19.4 Å². The summed E-state index contributed by atoms with van der Waals surface area (Å²) in [6, 6.07) is 14.5. The molecule has 10 heteroatoms. The summed E-state index contributed by atoms with van der Waals surface area (Å²) < 4.78 is 21.2. The highest BCUT2D eigenvalue weighted by molar-refractivity contribution is 7.93. The monoisotopic (exact) mass is 483 g/mol. The average Bonchev–Trinajstić information content (AvgIpc) is 2.79. The van der Waals surface area contributed by atoms with Crippen molar-refractivity contribution in [1.82, 2.24) is 9.97 Å². The molecule has 3 rings (SSSR count). The van der Waals surface area contributed by atoms with Gasteiger partial charge in [0.05, 0.1) is 22.9 Å². The average molecular weight is 484 g/mol. The number of nitrogens with one attached hydrogen (secondary N) is 2. The van der Waals surface area contributed by atoms with Crippen LogP contribution in [0.15, 0.2) is 64.0 Å². The van der Waals surface area contributed by atoms with E-state index in [1.54, 1.807) is 37.4 Å². The molecule has 2 atom stereocenters. The van der Waals surface area contributed by atoms with Gasteiger partial charge in [-0.25, -0.2) is 14.0 Å². The van der Waals surface area contributed by atoms with Gasteiger partial charge in [0, 0.05) is 34.6 Å². The zero-order valence-corrected chi connectivity index (χ0v) is 20.4. The summed E-state index contributed by atoms with van der Waals surface area (Å²) in [5, 5.41) is 15.9. The standard InChI is InChI=1S/C24H29N5O4S/c1-5-33-24(31)29-34(4,32)20-11-9-19(10-12-20)27-23-25-14-21(18-8-6-7-16(2)13-18)22(28-23)26-17(3)15-30/h6-14,17,30H,5,15H2,1-4H3,(H2,25,26,27,28)/t17-,34?/m1/s1.